The van der Waals surface area contributed by atoms with Gasteiger partial charge in [-0.15, -0.1) is 0 Å². The van der Waals surface area contributed by atoms with Crippen LogP contribution in [0.1, 0.15) is 0 Å². The number of halogens is 5. The van der Waals surface area contributed by atoms with E-state index >= 15 is 0 Å². The Morgan fingerprint density at radius 3 is 1.50 bits per heavy atom. The maximum absolute atomic E-state index is 11.2. The summed E-state index contributed by atoms with van der Waals surface area (Å²) in [6.45, 7) is -5.83. The van der Waals surface area contributed by atoms with E-state index in [9.17, 15) is 21.8 Å². The minimum absolute atomic E-state index is 0. The summed E-state index contributed by atoms with van der Waals surface area (Å²) in [6, 6.07) is 0. The normalized spacial score (nSPS) is 11.6. The van der Waals surface area contributed by atoms with Gasteiger partial charge in [-0.2, -0.15) is 0 Å². The molecule has 10 heavy (non-hydrogen) atoms. The fraction of sp³-hybridized carbons (Fsp3) is 0.500. The van der Waals surface area contributed by atoms with E-state index in [-0.39, 0.29) is 24.8 Å². The molecule has 0 fully saturated rings. The molecule has 0 spiro atoms. The van der Waals surface area contributed by atoms with Gasteiger partial charge >= 0.3 is 31.6 Å². The summed E-state index contributed by atoms with van der Waals surface area (Å²) in [5.74, 6) is -0.115. The first-order valence-electron chi connectivity index (χ1n) is 1.80. The summed E-state index contributed by atoms with van der Waals surface area (Å²) in [4.78, 5) is 0. The molecule has 0 N–H and O–H groups in total. The van der Waals surface area contributed by atoms with E-state index in [1.807, 2.05) is 0 Å². The summed E-state index contributed by atoms with van der Waals surface area (Å²) in [5, 5.41) is 7.24. The second-order valence-electron chi connectivity index (χ2n) is 1.33. The SMILES string of the molecule is N#C[B-](F)(F)C(F)(F)F.[Li+]. The number of hydrogen-bond donors (Lipinski definition) is 0. The van der Waals surface area contributed by atoms with Gasteiger partial charge in [0, 0.05) is 0 Å². The molecule has 0 atom stereocenters. The molecule has 0 aliphatic rings. The van der Waals surface area contributed by atoms with Gasteiger partial charge in [0.05, 0.1) is 0 Å². The summed E-state index contributed by atoms with van der Waals surface area (Å²) < 4.78 is 55.1. The fourth-order valence-electron chi connectivity index (χ4n) is 0.0732. The van der Waals surface area contributed by atoms with E-state index in [0.29, 0.717) is 0 Å². The monoisotopic (exact) mass is 151 g/mol. The van der Waals surface area contributed by atoms with Crippen molar-refractivity contribution in [2.45, 2.75) is 6.08 Å². The van der Waals surface area contributed by atoms with Crippen molar-refractivity contribution in [2.24, 2.45) is 0 Å². The van der Waals surface area contributed by atoms with E-state index < -0.39 is 12.8 Å². The van der Waals surface area contributed by atoms with Gasteiger partial charge in [-0.05, 0) is 0 Å². The molecule has 0 bridgehead atoms. The minimum Gasteiger partial charge on any atom is -0.459 e. The standard InChI is InChI=1S/C2BF5N.Li/c4-2(5,6)3(7,8)1-9;/q-1;+1. The van der Waals surface area contributed by atoms with Crippen LogP contribution in [0.4, 0.5) is 21.8 Å². The molecule has 0 radical (unpaired) electrons. The van der Waals surface area contributed by atoms with Crippen LogP contribution in [0.5, 0.6) is 0 Å². The Labute approximate surface area is 65.4 Å². The van der Waals surface area contributed by atoms with Crippen molar-refractivity contribution in [3.8, 4) is 5.97 Å². The molecule has 1 nitrogen and oxygen atoms in total. The van der Waals surface area contributed by atoms with Gasteiger partial charge in [0.2, 0.25) is 0 Å². The van der Waals surface area contributed by atoms with Crippen LogP contribution in [-0.2, 0) is 0 Å². The summed E-state index contributed by atoms with van der Waals surface area (Å²) in [6.07, 6.45) is -5.69. The van der Waals surface area contributed by atoms with Crippen LogP contribution in [0.2, 0.25) is 0 Å². The van der Waals surface area contributed by atoms with Crippen molar-refractivity contribution < 1.29 is 40.7 Å². The zero-order chi connectivity index (χ0) is 7.71. The molecule has 0 aliphatic heterocycles. The Bertz CT molecular complexity index is 147. The Morgan fingerprint density at radius 1 is 1.20 bits per heavy atom. The smallest absolute Gasteiger partial charge is 0.459 e. The molecule has 0 saturated carbocycles. The van der Waals surface area contributed by atoms with Gasteiger partial charge in [-0.1, -0.05) is 5.97 Å². The molecule has 52 valence electrons. The van der Waals surface area contributed by atoms with Crippen LogP contribution in [0, 0.1) is 11.2 Å². The van der Waals surface area contributed by atoms with Gasteiger partial charge in [0.15, 0.2) is 0 Å². The molecule has 0 heterocycles. The van der Waals surface area contributed by atoms with Crippen LogP contribution in [0.3, 0.4) is 0 Å². The molecule has 0 aromatic rings. The van der Waals surface area contributed by atoms with Crippen molar-refractivity contribution in [3.63, 3.8) is 0 Å². The Morgan fingerprint density at radius 2 is 1.50 bits per heavy atom. The first kappa shape index (κ1) is 12.5. The van der Waals surface area contributed by atoms with Gasteiger partial charge < -0.3 is 8.63 Å². The van der Waals surface area contributed by atoms with Crippen LogP contribution >= 0.6 is 0 Å². The van der Waals surface area contributed by atoms with Crippen molar-refractivity contribution >= 4 is 6.70 Å². The number of hydrogen-bond acceptors (Lipinski definition) is 1. The minimum atomic E-state index is -5.83. The second-order valence-corrected chi connectivity index (χ2v) is 1.33. The molecule has 0 amide bonds. The average Bonchev–Trinajstić information content (AvgIpc) is 1.64. The topological polar surface area (TPSA) is 23.8 Å². The Kier molecular flexibility index (Phi) is 4.08. The quantitative estimate of drug-likeness (QED) is 0.306. The van der Waals surface area contributed by atoms with E-state index in [1.54, 1.807) is 0 Å². The third-order valence-electron chi connectivity index (χ3n) is 0.573. The van der Waals surface area contributed by atoms with Gasteiger partial charge in [0.1, 0.15) is 0 Å². The Balaban J connectivity index is 0. The maximum Gasteiger partial charge on any atom is 1.00 e. The molecule has 0 aromatic carbocycles. The van der Waals surface area contributed by atoms with Crippen molar-refractivity contribution in [2.75, 3.05) is 0 Å². The molecular weight excluding hydrogens is 151 g/mol. The van der Waals surface area contributed by atoms with Crippen molar-refractivity contribution in [3.05, 3.63) is 0 Å². The third-order valence-corrected chi connectivity index (χ3v) is 0.573. The first-order chi connectivity index (χ1) is 3.81. The number of alkyl halides is 3. The largest absolute Gasteiger partial charge is 1.00 e. The van der Waals surface area contributed by atoms with E-state index in [2.05, 4.69) is 0 Å². The van der Waals surface area contributed by atoms with Gasteiger partial charge in [-0.25, -0.2) is 18.4 Å². The zero-order valence-electron chi connectivity index (χ0n) is 4.91. The van der Waals surface area contributed by atoms with Crippen LogP contribution in [0.25, 0.3) is 0 Å². The molecule has 0 aromatic heterocycles. The molecule has 0 aliphatic carbocycles. The van der Waals surface area contributed by atoms with Crippen molar-refractivity contribution in [1.82, 2.24) is 0 Å². The molecule has 0 unspecified atom stereocenters. The van der Waals surface area contributed by atoms with Gasteiger partial charge in [0.25, 0.3) is 0 Å². The molecule has 8 heteroatoms. The first-order valence-corrected chi connectivity index (χ1v) is 1.80. The zero-order valence-corrected chi connectivity index (χ0v) is 4.91. The van der Waals surface area contributed by atoms with E-state index in [0.717, 1.165) is 0 Å². The second kappa shape index (κ2) is 3.27. The third kappa shape index (κ3) is 2.59. The van der Waals surface area contributed by atoms with E-state index in [4.69, 9.17) is 5.26 Å². The predicted octanol–water partition coefficient (Wildman–Crippen LogP) is -1.46. The summed E-state index contributed by atoms with van der Waals surface area (Å²) in [5.41, 5.74) is 0. The van der Waals surface area contributed by atoms with Crippen LogP contribution < -0.4 is 18.9 Å². The number of nitrogens with zero attached hydrogens (tertiary/aromatic N) is 1. The van der Waals surface area contributed by atoms with Gasteiger partial charge in [-0.3, -0.25) is 0 Å². The van der Waals surface area contributed by atoms with E-state index in [1.165, 1.54) is 0 Å². The molecular formula is C2BF5LiN. The van der Waals surface area contributed by atoms with Crippen LogP contribution in [0.15, 0.2) is 0 Å². The summed E-state index contributed by atoms with van der Waals surface area (Å²) in [7, 11) is 0. The fourth-order valence-corrected chi connectivity index (χ4v) is 0.0732. The predicted molar refractivity (Wildman–Crippen MR) is 19.6 cm³/mol. The average molecular weight is 151 g/mol. The van der Waals surface area contributed by atoms with Crippen LogP contribution in [-0.4, -0.2) is 12.8 Å². The van der Waals surface area contributed by atoms with Crippen molar-refractivity contribution in [1.29, 1.82) is 5.26 Å². The number of nitriles is 1. The molecule has 0 rings (SSSR count). The molecule has 0 saturated heterocycles. The maximum atomic E-state index is 11.2. The Hall–Kier alpha value is -0.198. The summed E-state index contributed by atoms with van der Waals surface area (Å²) >= 11 is 0. The number of rotatable bonds is 0.